The van der Waals surface area contributed by atoms with Gasteiger partial charge in [-0.05, 0) is 48.4 Å². The molecule has 4 aromatic rings. The number of Topliss-reactive ketones (excluding diaryl/α,β-unsaturated/α-hetero) is 1. The molecule has 0 radical (unpaired) electrons. The Morgan fingerprint density at radius 1 is 1.14 bits per heavy atom. The number of halogens is 1. The predicted molar refractivity (Wildman–Crippen MR) is 155 cm³/mol. The average Bonchev–Trinajstić information content (AvgIpc) is 3.56. The Kier molecular flexibility index (Phi) is 9.19. The SMILES string of the molecule is COCCN1C[C@@H](CC(=O)Cc2c(C)c(-c3cnc(OC)c(C(N)=O)c3)nn2-c2ccccc2)[C@H](c2ccnc(F)c2)O1. The van der Waals surface area contributed by atoms with Gasteiger partial charge in [-0.25, -0.2) is 14.6 Å². The Hall–Kier alpha value is -4.52. The number of rotatable bonds is 12. The molecule has 12 heteroatoms. The molecule has 2 atom stereocenters. The van der Waals surface area contributed by atoms with E-state index < -0.39 is 18.0 Å². The van der Waals surface area contributed by atoms with Gasteiger partial charge in [0.15, 0.2) is 0 Å². The van der Waals surface area contributed by atoms with E-state index in [0.29, 0.717) is 42.2 Å². The molecule has 224 valence electrons. The zero-order valence-electron chi connectivity index (χ0n) is 24.2. The van der Waals surface area contributed by atoms with Crippen molar-refractivity contribution in [1.29, 1.82) is 0 Å². The van der Waals surface area contributed by atoms with E-state index in [-0.39, 0.29) is 36.0 Å². The molecular formula is C31H33FN6O5. The molecule has 3 aromatic heterocycles. The van der Waals surface area contributed by atoms with Crippen LogP contribution < -0.4 is 10.5 Å². The van der Waals surface area contributed by atoms with Crippen LogP contribution in [0.5, 0.6) is 5.88 Å². The van der Waals surface area contributed by atoms with E-state index in [1.54, 1.807) is 35.2 Å². The summed E-state index contributed by atoms with van der Waals surface area (Å²) in [4.78, 5) is 39.8. The third-order valence-electron chi connectivity index (χ3n) is 7.44. The minimum Gasteiger partial charge on any atom is -0.480 e. The minimum atomic E-state index is -0.677. The molecule has 1 aliphatic heterocycles. The fourth-order valence-corrected chi connectivity index (χ4v) is 5.35. The maximum atomic E-state index is 14.0. The molecule has 0 spiro atoms. The summed E-state index contributed by atoms with van der Waals surface area (Å²) in [6.45, 7) is 3.33. The van der Waals surface area contributed by atoms with E-state index in [4.69, 9.17) is 25.1 Å². The number of nitrogens with two attached hydrogens (primary N) is 1. The van der Waals surface area contributed by atoms with Crippen molar-refractivity contribution >= 4 is 11.7 Å². The minimum absolute atomic E-state index is 0.0286. The molecule has 0 aliphatic carbocycles. The van der Waals surface area contributed by atoms with Crippen molar-refractivity contribution in [2.45, 2.75) is 25.9 Å². The lowest BCUT2D eigenvalue weighted by Gasteiger charge is -2.17. The summed E-state index contributed by atoms with van der Waals surface area (Å²) in [7, 11) is 3.02. The van der Waals surface area contributed by atoms with Gasteiger partial charge in [0.05, 0.1) is 30.8 Å². The van der Waals surface area contributed by atoms with Crippen LogP contribution in [0, 0.1) is 18.8 Å². The number of primary amides is 1. The van der Waals surface area contributed by atoms with Crippen molar-refractivity contribution in [3.63, 3.8) is 0 Å². The quantitative estimate of drug-likeness (QED) is 0.246. The monoisotopic (exact) mass is 588 g/mol. The van der Waals surface area contributed by atoms with Crippen LogP contribution in [0.2, 0.25) is 0 Å². The lowest BCUT2D eigenvalue weighted by atomic mass is 9.91. The Morgan fingerprint density at radius 2 is 1.93 bits per heavy atom. The number of benzene rings is 1. The van der Waals surface area contributed by atoms with E-state index in [1.165, 1.54) is 19.4 Å². The number of ketones is 1. The van der Waals surface area contributed by atoms with Crippen LogP contribution in [-0.4, -0.2) is 70.4 Å². The van der Waals surface area contributed by atoms with E-state index in [1.807, 2.05) is 37.3 Å². The molecule has 1 aliphatic rings. The summed E-state index contributed by atoms with van der Waals surface area (Å²) in [6, 6.07) is 14.1. The molecule has 0 unspecified atom stereocenters. The van der Waals surface area contributed by atoms with Crippen molar-refractivity contribution < 1.29 is 28.3 Å². The van der Waals surface area contributed by atoms with Crippen molar-refractivity contribution in [2.24, 2.45) is 11.7 Å². The number of pyridine rings is 2. The Morgan fingerprint density at radius 3 is 2.63 bits per heavy atom. The number of hydroxylamine groups is 2. The van der Waals surface area contributed by atoms with Crippen molar-refractivity contribution in [3.05, 3.63) is 89.3 Å². The largest absolute Gasteiger partial charge is 0.480 e. The van der Waals surface area contributed by atoms with Gasteiger partial charge in [-0.1, -0.05) is 18.2 Å². The summed E-state index contributed by atoms with van der Waals surface area (Å²) in [5.74, 6) is -1.41. The molecule has 11 nitrogen and oxygen atoms in total. The van der Waals surface area contributed by atoms with Crippen LogP contribution in [0.1, 0.15) is 39.7 Å². The second-order valence-corrected chi connectivity index (χ2v) is 10.3. The number of nitrogens with zero attached hydrogens (tertiary/aromatic N) is 5. The number of carbonyl (C=O) groups is 2. The van der Waals surface area contributed by atoms with Gasteiger partial charge < -0.3 is 15.2 Å². The normalized spacial score (nSPS) is 16.8. The fourth-order valence-electron chi connectivity index (χ4n) is 5.35. The lowest BCUT2D eigenvalue weighted by molar-refractivity contribution is -0.155. The van der Waals surface area contributed by atoms with Crippen LogP contribution in [0.3, 0.4) is 0 Å². The molecule has 1 saturated heterocycles. The van der Waals surface area contributed by atoms with Gasteiger partial charge in [0.2, 0.25) is 11.8 Å². The van der Waals surface area contributed by atoms with Gasteiger partial charge in [-0.15, -0.1) is 0 Å². The second kappa shape index (κ2) is 13.2. The Balaban J connectivity index is 1.46. The number of carbonyl (C=O) groups excluding carboxylic acids is 2. The number of hydrogen-bond donors (Lipinski definition) is 1. The Bertz CT molecular complexity index is 1610. The number of methoxy groups -OCH3 is 2. The molecular weight excluding hydrogens is 555 g/mol. The first-order valence-corrected chi connectivity index (χ1v) is 13.8. The van der Waals surface area contributed by atoms with Gasteiger partial charge in [0, 0.05) is 56.9 Å². The number of amides is 1. The van der Waals surface area contributed by atoms with Crippen molar-refractivity contribution in [1.82, 2.24) is 24.8 Å². The molecule has 4 heterocycles. The third-order valence-corrected chi connectivity index (χ3v) is 7.44. The maximum Gasteiger partial charge on any atom is 0.254 e. The van der Waals surface area contributed by atoms with E-state index in [2.05, 4.69) is 9.97 Å². The van der Waals surface area contributed by atoms with Gasteiger partial charge in [-0.2, -0.15) is 14.6 Å². The highest BCUT2D eigenvalue weighted by atomic mass is 19.1. The highest BCUT2D eigenvalue weighted by Gasteiger charge is 2.37. The first-order valence-electron chi connectivity index (χ1n) is 13.8. The van der Waals surface area contributed by atoms with Crippen LogP contribution in [0.25, 0.3) is 16.9 Å². The molecule has 1 fully saturated rings. The number of para-hydroxylation sites is 1. The molecule has 0 bridgehead atoms. The number of hydrogen-bond acceptors (Lipinski definition) is 9. The smallest absolute Gasteiger partial charge is 0.254 e. The fraction of sp³-hybridized carbons (Fsp3) is 0.323. The molecule has 43 heavy (non-hydrogen) atoms. The predicted octanol–water partition coefficient (Wildman–Crippen LogP) is 3.64. The summed E-state index contributed by atoms with van der Waals surface area (Å²) >= 11 is 0. The topological polar surface area (TPSA) is 135 Å². The standard InChI is InChI=1S/C31H33FN6O5/c1-19-26(16-24(39)13-22-18-37(11-12-41-2)43-29(22)20-9-10-34-27(32)15-20)38(23-7-5-4-6-8-23)36-28(19)21-14-25(30(33)40)31(42-3)35-17-21/h4-10,14-15,17,22,29H,11-13,16,18H2,1-3H3,(H2,33,40)/t22-,29+/m1/s1. The zero-order valence-corrected chi connectivity index (χ0v) is 24.2. The average molecular weight is 589 g/mol. The Labute approximate surface area is 248 Å². The van der Waals surface area contributed by atoms with Gasteiger partial charge in [-0.3, -0.25) is 14.4 Å². The summed E-state index contributed by atoms with van der Waals surface area (Å²) in [6.07, 6.45) is 2.73. The van der Waals surface area contributed by atoms with Crippen molar-refractivity contribution in [2.75, 3.05) is 33.9 Å². The zero-order chi connectivity index (χ0) is 30.5. The highest BCUT2D eigenvalue weighted by molar-refractivity contribution is 5.96. The first-order chi connectivity index (χ1) is 20.8. The highest BCUT2D eigenvalue weighted by Crippen LogP contribution is 2.37. The van der Waals surface area contributed by atoms with Crippen LogP contribution in [0.4, 0.5) is 4.39 Å². The summed E-state index contributed by atoms with van der Waals surface area (Å²) < 4.78 is 26.1. The number of ether oxygens (including phenoxy) is 2. The first kappa shape index (κ1) is 30.0. The second-order valence-electron chi connectivity index (χ2n) is 10.3. The summed E-state index contributed by atoms with van der Waals surface area (Å²) in [5, 5.41) is 6.60. The van der Waals surface area contributed by atoms with Gasteiger partial charge in [0.25, 0.3) is 5.91 Å². The van der Waals surface area contributed by atoms with Gasteiger partial charge in [0.1, 0.15) is 17.5 Å². The third kappa shape index (κ3) is 6.61. The lowest BCUT2D eigenvalue weighted by Crippen LogP contribution is -2.24. The van der Waals surface area contributed by atoms with Crippen LogP contribution in [0.15, 0.2) is 60.9 Å². The number of aromatic nitrogens is 4. The summed E-state index contributed by atoms with van der Waals surface area (Å²) in [5.41, 5.74) is 9.67. The van der Waals surface area contributed by atoms with E-state index in [9.17, 15) is 14.0 Å². The van der Waals surface area contributed by atoms with Gasteiger partial charge >= 0.3 is 0 Å². The van der Waals surface area contributed by atoms with E-state index >= 15 is 0 Å². The molecule has 0 saturated carbocycles. The molecule has 2 N–H and O–H groups in total. The molecule has 5 rings (SSSR count). The molecule has 1 aromatic carbocycles. The van der Waals surface area contributed by atoms with Crippen molar-refractivity contribution in [3.8, 4) is 22.8 Å². The van der Waals surface area contributed by atoms with Crippen LogP contribution >= 0.6 is 0 Å². The van der Waals surface area contributed by atoms with E-state index in [0.717, 1.165) is 11.3 Å². The maximum absolute atomic E-state index is 14.0. The van der Waals surface area contributed by atoms with Crippen LogP contribution in [-0.2, 0) is 20.8 Å². The molecule has 1 amide bonds.